The number of aliphatic carboxylic acids is 1. The summed E-state index contributed by atoms with van der Waals surface area (Å²) in [7, 11) is 0. The van der Waals surface area contributed by atoms with Crippen molar-refractivity contribution in [2.24, 2.45) is 0 Å². The molecular formula is C9H17Cl2NO4. The smallest absolute Gasteiger partial charge is 0.407 e. The maximum atomic E-state index is 10.7. The Morgan fingerprint density at radius 3 is 1.94 bits per heavy atom. The molecule has 0 fully saturated rings. The summed E-state index contributed by atoms with van der Waals surface area (Å²) < 4.78 is 4.93. The number of ether oxygens (including phenoxy) is 1. The Morgan fingerprint density at radius 1 is 1.38 bits per heavy atom. The molecule has 0 unspecified atom stereocenters. The molecule has 1 amide bonds. The van der Waals surface area contributed by atoms with E-state index in [9.17, 15) is 9.59 Å². The molecular weight excluding hydrogens is 257 g/mol. The average molecular weight is 274 g/mol. The first kappa shape index (κ1) is 17.7. The fourth-order valence-electron chi connectivity index (χ4n) is 0.459. The Balaban J connectivity index is 0. The number of rotatable bonds is 2. The number of nitrogens with one attached hydrogen (secondary N) is 1. The minimum Gasteiger partial charge on any atom is -0.479 e. The number of carboxylic acids is 1. The second-order valence-electron chi connectivity index (χ2n) is 3.67. The molecule has 7 heteroatoms. The van der Waals surface area contributed by atoms with Crippen molar-refractivity contribution in [1.82, 2.24) is 5.32 Å². The van der Waals surface area contributed by atoms with Crippen molar-refractivity contribution < 1.29 is 19.4 Å². The van der Waals surface area contributed by atoms with Gasteiger partial charge in [0.05, 0.1) is 0 Å². The zero-order valence-corrected chi connectivity index (χ0v) is 11.2. The van der Waals surface area contributed by atoms with E-state index in [2.05, 4.69) is 5.32 Å². The summed E-state index contributed by atoms with van der Waals surface area (Å²) in [6, 6.07) is 0. The lowest BCUT2D eigenvalue weighted by Gasteiger charge is -2.19. The molecule has 2 N–H and O–H groups in total. The second kappa shape index (κ2) is 8.47. The summed E-state index contributed by atoms with van der Waals surface area (Å²) in [4.78, 5) is 18.9. The third-order valence-corrected chi connectivity index (χ3v) is 1.28. The SMILES string of the molecule is CCNC(=O)OC(C)(C)C.O=C(O)C(Cl)Cl. The van der Waals surface area contributed by atoms with Gasteiger partial charge >= 0.3 is 12.1 Å². The Labute approximate surface area is 105 Å². The van der Waals surface area contributed by atoms with Gasteiger partial charge in [0, 0.05) is 6.54 Å². The summed E-state index contributed by atoms with van der Waals surface area (Å²) in [6.07, 6.45) is -0.352. The lowest BCUT2D eigenvalue weighted by molar-refractivity contribution is -0.135. The van der Waals surface area contributed by atoms with Crippen molar-refractivity contribution >= 4 is 35.3 Å². The van der Waals surface area contributed by atoms with Gasteiger partial charge in [0.2, 0.25) is 4.84 Å². The van der Waals surface area contributed by atoms with Crippen LogP contribution in [0.1, 0.15) is 27.7 Å². The molecule has 0 aliphatic heterocycles. The van der Waals surface area contributed by atoms with Crippen LogP contribution in [0, 0.1) is 0 Å². The lowest BCUT2D eigenvalue weighted by Crippen LogP contribution is -2.32. The van der Waals surface area contributed by atoms with Crippen LogP contribution < -0.4 is 5.32 Å². The van der Waals surface area contributed by atoms with Crippen LogP contribution in [0.15, 0.2) is 0 Å². The number of carbonyl (C=O) groups excluding carboxylic acids is 1. The van der Waals surface area contributed by atoms with Crippen LogP contribution in [0.4, 0.5) is 4.79 Å². The van der Waals surface area contributed by atoms with E-state index in [0.717, 1.165) is 0 Å². The second-order valence-corrected chi connectivity index (χ2v) is 4.77. The molecule has 96 valence electrons. The maximum absolute atomic E-state index is 10.7. The lowest BCUT2D eigenvalue weighted by atomic mass is 10.2. The predicted molar refractivity (Wildman–Crippen MR) is 63.0 cm³/mol. The number of halogens is 2. The molecule has 0 rings (SSSR count). The number of carboxylic acid groups (broad SMARTS) is 1. The molecule has 0 saturated carbocycles. The van der Waals surface area contributed by atoms with Gasteiger partial charge in [-0.15, -0.1) is 0 Å². The largest absolute Gasteiger partial charge is 0.479 e. The van der Waals surface area contributed by atoms with E-state index in [-0.39, 0.29) is 11.7 Å². The number of alkyl carbamates (subject to hydrolysis) is 1. The summed E-state index contributed by atoms with van der Waals surface area (Å²) in [5.74, 6) is -1.21. The van der Waals surface area contributed by atoms with Crippen LogP contribution >= 0.6 is 23.2 Å². The van der Waals surface area contributed by atoms with E-state index in [1.54, 1.807) is 0 Å². The van der Waals surface area contributed by atoms with Crippen molar-refractivity contribution in [2.75, 3.05) is 6.54 Å². The van der Waals surface area contributed by atoms with Crippen LogP contribution in [0.5, 0.6) is 0 Å². The molecule has 0 saturated heterocycles. The zero-order valence-electron chi connectivity index (χ0n) is 9.71. The first-order valence-electron chi connectivity index (χ1n) is 4.58. The average Bonchev–Trinajstić information content (AvgIpc) is 2.01. The van der Waals surface area contributed by atoms with E-state index in [0.29, 0.717) is 6.54 Å². The third-order valence-electron chi connectivity index (χ3n) is 0.907. The molecule has 0 radical (unpaired) electrons. The molecule has 0 atom stereocenters. The highest BCUT2D eigenvalue weighted by atomic mass is 35.5. The van der Waals surface area contributed by atoms with Gasteiger partial charge in [-0.05, 0) is 27.7 Å². The Kier molecular flexibility index (Phi) is 9.37. The fourth-order valence-corrected chi connectivity index (χ4v) is 0.459. The van der Waals surface area contributed by atoms with E-state index >= 15 is 0 Å². The molecule has 0 bridgehead atoms. The van der Waals surface area contributed by atoms with Crippen LogP contribution in [-0.2, 0) is 9.53 Å². The topological polar surface area (TPSA) is 75.6 Å². The molecule has 0 aromatic heterocycles. The summed E-state index contributed by atoms with van der Waals surface area (Å²) in [5.41, 5.74) is -0.390. The molecule has 0 aromatic rings. The minimum absolute atomic E-state index is 0.352. The van der Waals surface area contributed by atoms with Crippen LogP contribution in [0.2, 0.25) is 0 Å². The highest BCUT2D eigenvalue weighted by molar-refractivity contribution is 6.52. The Morgan fingerprint density at radius 2 is 1.75 bits per heavy atom. The third kappa shape index (κ3) is 15.8. The quantitative estimate of drug-likeness (QED) is 0.758. The van der Waals surface area contributed by atoms with Gasteiger partial charge in [0.15, 0.2) is 0 Å². The fraction of sp³-hybridized carbons (Fsp3) is 0.778. The number of alkyl halides is 2. The molecule has 0 heterocycles. The van der Waals surface area contributed by atoms with Crippen LogP contribution in [-0.4, -0.2) is 34.2 Å². The molecule has 5 nitrogen and oxygen atoms in total. The summed E-state index contributed by atoms with van der Waals surface area (Å²) >= 11 is 9.56. The monoisotopic (exact) mass is 273 g/mol. The van der Waals surface area contributed by atoms with Gasteiger partial charge in [0.1, 0.15) is 5.60 Å². The van der Waals surface area contributed by atoms with Gasteiger partial charge in [-0.3, -0.25) is 0 Å². The first-order valence-corrected chi connectivity index (χ1v) is 5.45. The standard InChI is InChI=1S/C7H15NO2.C2H2Cl2O2/c1-5-8-6(9)10-7(2,3)4;3-1(4)2(5)6/h5H2,1-4H3,(H,8,9);1H,(H,5,6). The number of carbonyl (C=O) groups is 2. The van der Waals surface area contributed by atoms with E-state index < -0.39 is 10.8 Å². The summed E-state index contributed by atoms with van der Waals surface area (Å²) in [5, 5.41) is 10.3. The van der Waals surface area contributed by atoms with Gasteiger partial charge in [-0.1, -0.05) is 23.2 Å². The van der Waals surface area contributed by atoms with Crippen molar-refractivity contribution in [3.8, 4) is 0 Å². The molecule has 0 aromatic carbocycles. The van der Waals surface area contributed by atoms with Gasteiger partial charge in [-0.25, -0.2) is 9.59 Å². The number of hydrogen-bond acceptors (Lipinski definition) is 3. The molecule has 0 aliphatic carbocycles. The molecule has 0 spiro atoms. The Bertz CT molecular complexity index is 226. The Hall–Kier alpha value is -0.680. The van der Waals surface area contributed by atoms with Crippen LogP contribution in [0.25, 0.3) is 0 Å². The van der Waals surface area contributed by atoms with Crippen molar-refractivity contribution in [3.63, 3.8) is 0 Å². The first-order chi connectivity index (χ1) is 7.10. The minimum atomic E-state index is -1.29. The summed E-state index contributed by atoms with van der Waals surface area (Å²) in [6.45, 7) is 7.96. The maximum Gasteiger partial charge on any atom is 0.407 e. The van der Waals surface area contributed by atoms with Gasteiger partial charge in [0.25, 0.3) is 0 Å². The normalized spacial score (nSPS) is 10.2. The number of hydrogen-bond donors (Lipinski definition) is 2. The van der Waals surface area contributed by atoms with Gasteiger partial charge < -0.3 is 15.2 Å². The predicted octanol–water partition coefficient (Wildman–Crippen LogP) is 2.41. The van der Waals surface area contributed by atoms with Gasteiger partial charge in [-0.2, -0.15) is 0 Å². The van der Waals surface area contributed by atoms with E-state index in [1.165, 1.54) is 0 Å². The van der Waals surface area contributed by atoms with E-state index in [4.69, 9.17) is 33.0 Å². The van der Waals surface area contributed by atoms with Crippen molar-refractivity contribution in [3.05, 3.63) is 0 Å². The van der Waals surface area contributed by atoms with Crippen molar-refractivity contribution in [1.29, 1.82) is 0 Å². The zero-order chi connectivity index (χ0) is 13.4. The van der Waals surface area contributed by atoms with Crippen LogP contribution in [0.3, 0.4) is 0 Å². The van der Waals surface area contributed by atoms with Crippen molar-refractivity contribution in [2.45, 2.75) is 38.1 Å². The number of amides is 1. The highest BCUT2D eigenvalue weighted by Gasteiger charge is 2.14. The highest BCUT2D eigenvalue weighted by Crippen LogP contribution is 2.05. The molecule has 16 heavy (non-hydrogen) atoms. The molecule has 0 aliphatic rings. The van der Waals surface area contributed by atoms with E-state index in [1.807, 2.05) is 27.7 Å².